The van der Waals surface area contributed by atoms with Crippen LogP contribution in [-0.4, -0.2) is 22.1 Å². The number of carbonyl (C=O) groups excluding carboxylic acids is 1. The van der Waals surface area contributed by atoms with Crippen molar-refractivity contribution in [3.63, 3.8) is 0 Å². The number of halogens is 1. The largest absolute Gasteiger partial charge is 0.366 e. The van der Waals surface area contributed by atoms with Crippen LogP contribution in [0.15, 0.2) is 36.4 Å². The number of nitrogens with zero attached hydrogens (tertiary/aromatic N) is 2. The van der Waals surface area contributed by atoms with Gasteiger partial charge in [0.2, 0.25) is 0 Å². The fourth-order valence-electron chi connectivity index (χ4n) is 3.04. The summed E-state index contributed by atoms with van der Waals surface area (Å²) in [6, 6.07) is 9.93. The standard InChI is InChI=1S/C19H23FN4O/c20-15-9-7-14(8-10-15)13-21-19(25)17-11-12-18(24-23-17)22-16-5-3-1-2-4-6-16/h7-12,16H,1-6,13H2,(H,21,25)(H,22,24). The van der Waals surface area contributed by atoms with E-state index >= 15 is 0 Å². The van der Waals surface area contributed by atoms with Crippen molar-refractivity contribution in [2.75, 3.05) is 5.32 Å². The number of benzene rings is 1. The van der Waals surface area contributed by atoms with Crippen molar-refractivity contribution in [1.29, 1.82) is 0 Å². The van der Waals surface area contributed by atoms with E-state index in [1.165, 1.54) is 37.8 Å². The second kappa shape index (κ2) is 8.55. The van der Waals surface area contributed by atoms with Gasteiger partial charge >= 0.3 is 0 Å². The van der Waals surface area contributed by atoms with Crippen molar-refractivity contribution in [2.45, 2.75) is 51.1 Å². The summed E-state index contributed by atoms with van der Waals surface area (Å²) in [5, 5.41) is 14.3. The Labute approximate surface area is 147 Å². The lowest BCUT2D eigenvalue weighted by molar-refractivity contribution is 0.0945. The van der Waals surface area contributed by atoms with Gasteiger partial charge in [-0.05, 0) is 42.7 Å². The van der Waals surface area contributed by atoms with E-state index in [-0.39, 0.29) is 17.4 Å². The molecule has 0 saturated heterocycles. The lowest BCUT2D eigenvalue weighted by Gasteiger charge is -2.16. The van der Waals surface area contributed by atoms with Crippen LogP contribution in [0.2, 0.25) is 0 Å². The van der Waals surface area contributed by atoms with E-state index in [0.717, 1.165) is 18.4 Å². The first kappa shape index (κ1) is 17.3. The number of nitrogens with one attached hydrogen (secondary N) is 2. The van der Waals surface area contributed by atoms with Gasteiger partial charge in [-0.25, -0.2) is 4.39 Å². The number of carbonyl (C=O) groups is 1. The molecule has 2 N–H and O–H groups in total. The molecule has 1 aromatic carbocycles. The van der Waals surface area contributed by atoms with Gasteiger partial charge in [0.1, 0.15) is 11.6 Å². The average molecular weight is 342 g/mol. The quantitative estimate of drug-likeness (QED) is 0.814. The molecule has 3 rings (SSSR count). The van der Waals surface area contributed by atoms with E-state index in [1.54, 1.807) is 24.3 Å². The lowest BCUT2D eigenvalue weighted by atomic mass is 10.1. The van der Waals surface area contributed by atoms with E-state index in [2.05, 4.69) is 20.8 Å². The molecule has 1 aliphatic rings. The van der Waals surface area contributed by atoms with Crippen LogP contribution in [0.5, 0.6) is 0 Å². The molecule has 5 nitrogen and oxygen atoms in total. The summed E-state index contributed by atoms with van der Waals surface area (Å²) in [5.74, 6) is 0.123. The maximum absolute atomic E-state index is 12.9. The number of amides is 1. The fraction of sp³-hybridized carbons (Fsp3) is 0.421. The van der Waals surface area contributed by atoms with Crippen LogP contribution >= 0.6 is 0 Å². The summed E-state index contributed by atoms with van der Waals surface area (Å²) in [6.45, 7) is 0.322. The number of rotatable bonds is 5. The minimum atomic E-state index is -0.294. The Hall–Kier alpha value is -2.50. The van der Waals surface area contributed by atoms with Crippen molar-refractivity contribution < 1.29 is 9.18 Å². The Morgan fingerprint density at radius 2 is 1.72 bits per heavy atom. The van der Waals surface area contributed by atoms with Gasteiger partial charge in [0.15, 0.2) is 5.69 Å². The molecule has 1 heterocycles. The summed E-state index contributed by atoms with van der Waals surface area (Å²) in [5.41, 5.74) is 1.10. The second-order valence-electron chi connectivity index (χ2n) is 6.45. The molecule has 0 aliphatic heterocycles. The highest BCUT2D eigenvalue weighted by Crippen LogP contribution is 2.20. The number of hydrogen-bond acceptors (Lipinski definition) is 4. The molecule has 0 radical (unpaired) electrons. The second-order valence-corrected chi connectivity index (χ2v) is 6.45. The molecule has 1 amide bonds. The third-order valence-corrected chi connectivity index (χ3v) is 4.47. The molecule has 2 aromatic rings. The van der Waals surface area contributed by atoms with E-state index in [4.69, 9.17) is 0 Å². The zero-order chi connectivity index (χ0) is 17.5. The monoisotopic (exact) mass is 342 g/mol. The fourth-order valence-corrected chi connectivity index (χ4v) is 3.04. The Balaban J connectivity index is 1.52. The minimum Gasteiger partial charge on any atom is -0.366 e. The van der Waals surface area contributed by atoms with Crippen LogP contribution in [0.1, 0.15) is 54.6 Å². The molecule has 0 spiro atoms. The zero-order valence-corrected chi connectivity index (χ0v) is 14.2. The van der Waals surface area contributed by atoms with Crippen LogP contribution in [0.4, 0.5) is 10.2 Å². The average Bonchev–Trinajstić information content (AvgIpc) is 2.90. The maximum Gasteiger partial charge on any atom is 0.272 e. The van der Waals surface area contributed by atoms with Gasteiger partial charge in [-0.1, -0.05) is 37.8 Å². The molecule has 132 valence electrons. The Morgan fingerprint density at radius 3 is 2.36 bits per heavy atom. The highest BCUT2D eigenvalue weighted by atomic mass is 19.1. The smallest absolute Gasteiger partial charge is 0.272 e. The first-order valence-electron chi connectivity index (χ1n) is 8.83. The van der Waals surface area contributed by atoms with Crippen molar-refractivity contribution in [3.8, 4) is 0 Å². The SMILES string of the molecule is O=C(NCc1ccc(F)cc1)c1ccc(NC2CCCCCC2)nn1. The van der Waals surface area contributed by atoms with Crippen LogP contribution < -0.4 is 10.6 Å². The van der Waals surface area contributed by atoms with Crippen molar-refractivity contribution >= 4 is 11.7 Å². The van der Waals surface area contributed by atoms with Gasteiger partial charge in [-0.3, -0.25) is 4.79 Å². The third-order valence-electron chi connectivity index (χ3n) is 4.47. The van der Waals surface area contributed by atoms with Crippen molar-refractivity contribution in [2.24, 2.45) is 0 Å². The predicted molar refractivity (Wildman–Crippen MR) is 94.7 cm³/mol. The van der Waals surface area contributed by atoms with Crippen LogP contribution in [0.3, 0.4) is 0 Å². The number of aromatic nitrogens is 2. The van der Waals surface area contributed by atoms with Gasteiger partial charge in [0, 0.05) is 12.6 Å². The van der Waals surface area contributed by atoms with Gasteiger partial charge < -0.3 is 10.6 Å². The molecule has 1 aromatic heterocycles. The van der Waals surface area contributed by atoms with Gasteiger partial charge in [0.05, 0.1) is 0 Å². The molecule has 0 atom stereocenters. The lowest BCUT2D eigenvalue weighted by Crippen LogP contribution is -2.24. The summed E-state index contributed by atoms with van der Waals surface area (Å²) in [6.07, 6.45) is 7.40. The molecule has 0 bridgehead atoms. The molecule has 6 heteroatoms. The zero-order valence-electron chi connectivity index (χ0n) is 14.2. The summed E-state index contributed by atoms with van der Waals surface area (Å²) >= 11 is 0. The summed E-state index contributed by atoms with van der Waals surface area (Å²) < 4.78 is 12.9. The van der Waals surface area contributed by atoms with Crippen LogP contribution in [0.25, 0.3) is 0 Å². The van der Waals surface area contributed by atoms with Gasteiger partial charge in [-0.15, -0.1) is 10.2 Å². The molecule has 25 heavy (non-hydrogen) atoms. The summed E-state index contributed by atoms with van der Waals surface area (Å²) in [7, 11) is 0. The third kappa shape index (κ3) is 5.24. The molecule has 0 unspecified atom stereocenters. The highest BCUT2D eigenvalue weighted by Gasteiger charge is 2.13. The molecule has 1 aliphatic carbocycles. The van der Waals surface area contributed by atoms with E-state index < -0.39 is 0 Å². The Bertz CT molecular complexity index is 680. The minimum absolute atomic E-state index is 0.272. The molecular formula is C19H23FN4O. The topological polar surface area (TPSA) is 66.9 Å². The Kier molecular flexibility index (Phi) is 5.93. The molecule has 1 saturated carbocycles. The maximum atomic E-state index is 12.9. The first-order valence-corrected chi connectivity index (χ1v) is 8.83. The number of hydrogen-bond donors (Lipinski definition) is 2. The predicted octanol–water partition coefficient (Wildman–Crippen LogP) is 3.68. The van der Waals surface area contributed by atoms with E-state index in [0.29, 0.717) is 18.4 Å². The highest BCUT2D eigenvalue weighted by molar-refractivity contribution is 5.92. The Morgan fingerprint density at radius 1 is 1.00 bits per heavy atom. The van der Waals surface area contributed by atoms with Crippen LogP contribution in [-0.2, 0) is 6.54 Å². The summed E-state index contributed by atoms with van der Waals surface area (Å²) in [4.78, 5) is 12.1. The van der Waals surface area contributed by atoms with E-state index in [9.17, 15) is 9.18 Å². The van der Waals surface area contributed by atoms with E-state index in [1.807, 2.05) is 0 Å². The van der Waals surface area contributed by atoms with Crippen molar-refractivity contribution in [1.82, 2.24) is 15.5 Å². The van der Waals surface area contributed by atoms with Gasteiger partial charge in [0.25, 0.3) is 5.91 Å². The van der Waals surface area contributed by atoms with Crippen molar-refractivity contribution in [3.05, 3.63) is 53.5 Å². The molecular weight excluding hydrogens is 319 g/mol. The van der Waals surface area contributed by atoms with Crippen LogP contribution in [0, 0.1) is 5.82 Å². The first-order chi connectivity index (χ1) is 12.2. The van der Waals surface area contributed by atoms with Gasteiger partial charge in [-0.2, -0.15) is 0 Å². The molecule has 1 fully saturated rings. The number of anilines is 1. The normalized spacial score (nSPS) is 15.4.